The third-order valence-corrected chi connectivity index (χ3v) is 3.77. The molecule has 0 spiro atoms. The Labute approximate surface area is 147 Å². The summed E-state index contributed by atoms with van der Waals surface area (Å²) >= 11 is 0. The zero-order valence-corrected chi connectivity index (χ0v) is 14.3. The van der Waals surface area contributed by atoms with Crippen LogP contribution in [0.2, 0.25) is 0 Å². The zero-order chi connectivity index (χ0) is 17.6. The van der Waals surface area contributed by atoms with Crippen molar-refractivity contribution in [3.8, 4) is 11.4 Å². The Bertz CT molecular complexity index is 811. The maximum Gasteiger partial charge on any atom is 0.235 e. The minimum Gasteiger partial charge on any atom is -0.383 e. The number of rotatable bonds is 6. The van der Waals surface area contributed by atoms with E-state index in [4.69, 9.17) is 10.5 Å². The molecule has 0 aliphatic rings. The predicted molar refractivity (Wildman–Crippen MR) is 99.6 cm³/mol. The van der Waals surface area contributed by atoms with Crippen molar-refractivity contribution in [3.63, 3.8) is 0 Å². The number of para-hydroxylation sites is 1. The number of nitrogen functional groups attached to an aromatic ring is 1. The lowest BCUT2D eigenvalue weighted by Crippen LogP contribution is -2.33. The average molecular weight is 335 g/mol. The van der Waals surface area contributed by atoms with Crippen molar-refractivity contribution in [2.45, 2.75) is 13.0 Å². The summed E-state index contributed by atoms with van der Waals surface area (Å²) in [5, 5.41) is 0. The highest BCUT2D eigenvalue weighted by molar-refractivity contribution is 5.63. The summed E-state index contributed by atoms with van der Waals surface area (Å²) in [4.78, 5) is 15.3. The molecular weight excluding hydrogens is 314 g/mol. The molecule has 0 fully saturated rings. The Morgan fingerprint density at radius 2 is 1.60 bits per heavy atom. The van der Waals surface area contributed by atoms with Gasteiger partial charge in [0.2, 0.25) is 11.9 Å². The Morgan fingerprint density at radius 3 is 2.24 bits per heavy atom. The van der Waals surface area contributed by atoms with Crippen LogP contribution in [0.5, 0.6) is 0 Å². The van der Waals surface area contributed by atoms with Gasteiger partial charge in [-0.2, -0.15) is 15.0 Å². The zero-order valence-electron chi connectivity index (χ0n) is 14.3. The van der Waals surface area contributed by atoms with Crippen LogP contribution in [0.4, 0.5) is 17.6 Å². The van der Waals surface area contributed by atoms with Crippen molar-refractivity contribution >= 4 is 17.6 Å². The number of nitrogens with zero attached hydrogens (tertiary/aromatic N) is 4. The molecule has 6 nitrogen and oxygen atoms in total. The number of ether oxygens (including phenoxy) is 1. The second-order valence-electron chi connectivity index (χ2n) is 5.69. The van der Waals surface area contributed by atoms with Gasteiger partial charge in [-0.3, -0.25) is 0 Å². The largest absolute Gasteiger partial charge is 0.383 e. The molecule has 2 aromatic carbocycles. The summed E-state index contributed by atoms with van der Waals surface area (Å²) in [6.45, 7) is 2.58. The van der Waals surface area contributed by atoms with Crippen molar-refractivity contribution in [1.82, 2.24) is 15.0 Å². The maximum absolute atomic E-state index is 5.97. The van der Waals surface area contributed by atoms with Crippen molar-refractivity contribution in [1.29, 1.82) is 0 Å². The SMILES string of the molecule is COCC(C)N(c1ccccc1)c1nc(N)nc(-c2ccccc2)n1. The number of hydrogen-bond acceptors (Lipinski definition) is 6. The van der Waals surface area contributed by atoms with Gasteiger partial charge in [0.1, 0.15) is 0 Å². The minimum absolute atomic E-state index is 0.0258. The number of anilines is 3. The molecular formula is C19H21N5O. The highest BCUT2D eigenvalue weighted by Crippen LogP contribution is 2.27. The molecule has 0 aliphatic carbocycles. The first kappa shape index (κ1) is 16.9. The van der Waals surface area contributed by atoms with Gasteiger partial charge in [-0.05, 0) is 19.1 Å². The van der Waals surface area contributed by atoms with Crippen LogP contribution < -0.4 is 10.6 Å². The summed E-state index contributed by atoms with van der Waals surface area (Å²) in [5.41, 5.74) is 7.83. The first-order chi connectivity index (χ1) is 12.2. The molecule has 25 heavy (non-hydrogen) atoms. The lowest BCUT2D eigenvalue weighted by Gasteiger charge is -2.29. The molecule has 128 valence electrons. The van der Waals surface area contributed by atoms with Gasteiger partial charge in [0.15, 0.2) is 5.82 Å². The summed E-state index contributed by atoms with van der Waals surface area (Å²) in [5.74, 6) is 1.24. The van der Waals surface area contributed by atoms with Crippen molar-refractivity contribution in [2.24, 2.45) is 0 Å². The second kappa shape index (κ2) is 7.72. The van der Waals surface area contributed by atoms with Gasteiger partial charge in [-0.15, -0.1) is 0 Å². The number of nitrogens with two attached hydrogens (primary N) is 1. The molecule has 0 saturated heterocycles. The highest BCUT2D eigenvalue weighted by atomic mass is 16.5. The molecule has 3 rings (SSSR count). The summed E-state index contributed by atoms with van der Waals surface area (Å²) < 4.78 is 5.33. The van der Waals surface area contributed by atoms with Gasteiger partial charge in [-0.1, -0.05) is 48.5 Å². The molecule has 0 bridgehead atoms. The fourth-order valence-electron chi connectivity index (χ4n) is 2.68. The molecule has 0 saturated carbocycles. The molecule has 1 unspecified atom stereocenters. The standard InChI is InChI=1S/C19H21N5O/c1-14(13-25-2)24(16-11-7-4-8-12-16)19-22-17(21-18(20)23-19)15-9-5-3-6-10-15/h3-12,14H,13H2,1-2H3,(H2,20,21,22,23). The average Bonchev–Trinajstić information content (AvgIpc) is 2.63. The Hall–Kier alpha value is -2.99. The molecule has 1 heterocycles. The molecule has 3 aromatic rings. The normalized spacial score (nSPS) is 11.9. The first-order valence-corrected chi connectivity index (χ1v) is 8.09. The van der Waals surface area contributed by atoms with Crippen LogP contribution in [0.15, 0.2) is 60.7 Å². The quantitative estimate of drug-likeness (QED) is 0.745. The van der Waals surface area contributed by atoms with E-state index in [1.807, 2.05) is 65.6 Å². The Balaban J connectivity index is 2.08. The van der Waals surface area contributed by atoms with E-state index in [-0.39, 0.29) is 12.0 Å². The van der Waals surface area contributed by atoms with Crippen molar-refractivity contribution in [3.05, 3.63) is 60.7 Å². The van der Waals surface area contributed by atoms with E-state index in [0.29, 0.717) is 18.4 Å². The van der Waals surface area contributed by atoms with E-state index in [1.54, 1.807) is 7.11 Å². The van der Waals surface area contributed by atoms with Crippen LogP contribution in [-0.4, -0.2) is 34.7 Å². The molecule has 1 aromatic heterocycles. The van der Waals surface area contributed by atoms with Gasteiger partial charge >= 0.3 is 0 Å². The number of benzene rings is 2. The van der Waals surface area contributed by atoms with Crippen LogP contribution in [0, 0.1) is 0 Å². The fraction of sp³-hybridized carbons (Fsp3) is 0.211. The second-order valence-corrected chi connectivity index (χ2v) is 5.69. The van der Waals surface area contributed by atoms with Gasteiger partial charge in [0, 0.05) is 18.4 Å². The molecule has 0 radical (unpaired) electrons. The molecule has 0 amide bonds. The summed E-state index contributed by atoms with van der Waals surface area (Å²) in [7, 11) is 1.68. The number of methoxy groups -OCH3 is 1. The van der Waals surface area contributed by atoms with Crippen LogP contribution in [0.3, 0.4) is 0 Å². The van der Waals surface area contributed by atoms with Crippen LogP contribution in [-0.2, 0) is 4.74 Å². The van der Waals surface area contributed by atoms with E-state index in [2.05, 4.69) is 21.9 Å². The maximum atomic E-state index is 5.97. The number of hydrogen-bond donors (Lipinski definition) is 1. The third-order valence-electron chi connectivity index (χ3n) is 3.77. The van der Waals surface area contributed by atoms with E-state index < -0.39 is 0 Å². The smallest absolute Gasteiger partial charge is 0.235 e. The summed E-state index contributed by atoms with van der Waals surface area (Å²) in [6.07, 6.45) is 0. The number of aromatic nitrogens is 3. The van der Waals surface area contributed by atoms with Crippen LogP contribution >= 0.6 is 0 Å². The summed E-state index contributed by atoms with van der Waals surface area (Å²) in [6, 6.07) is 19.7. The van der Waals surface area contributed by atoms with Gasteiger partial charge in [0.25, 0.3) is 0 Å². The van der Waals surface area contributed by atoms with Crippen LogP contribution in [0.25, 0.3) is 11.4 Å². The van der Waals surface area contributed by atoms with Gasteiger partial charge in [0.05, 0.1) is 12.6 Å². The predicted octanol–water partition coefficient (Wildman–Crippen LogP) is 3.29. The monoisotopic (exact) mass is 335 g/mol. The Morgan fingerprint density at radius 1 is 0.960 bits per heavy atom. The van der Waals surface area contributed by atoms with E-state index in [1.165, 1.54) is 0 Å². The first-order valence-electron chi connectivity index (χ1n) is 8.09. The molecule has 6 heteroatoms. The fourth-order valence-corrected chi connectivity index (χ4v) is 2.68. The molecule has 1 atom stereocenters. The highest BCUT2D eigenvalue weighted by Gasteiger charge is 2.21. The van der Waals surface area contributed by atoms with E-state index in [9.17, 15) is 0 Å². The lowest BCUT2D eigenvalue weighted by atomic mass is 10.2. The van der Waals surface area contributed by atoms with Gasteiger partial charge in [-0.25, -0.2) is 0 Å². The lowest BCUT2D eigenvalue weighted by molar-refractivity contribution is 0.184. The third kappa shape index (κ3) is 3.92. The van der Waals surface area contributed by atoms with Crippen molar-refractivity contribution in [2.75, 3.05) is 24.4 Å². The topological polar surface area (TPSA) is 77.2 Å². The van der Waals surface area contributed by atoms with Crippen molar-refractivity contribution < 1.29 is 4.74 Å². The minimum atomic E-state index is 0.0258. The van der Waals surface area contributed by atoms with E-state index in [0.717, 1.165) is 11.3 Å². The Kier molecular flexibility index (Phi) is 5.20. The van der Waals surface area contributed by atoms with Gasteiger partial charge < -0.3 is 15.4 Å². The van der Waals surface area contributed by atoms with Crippen LogP contribution in [0.1, 0.15) is 6.92 Å². The molecule has 2 N–H and O–H groups in total. The van der Waals surface area contributed by atoms with E-state index >= 15 is 0 Å². The molecule has 0 aliphatic heterocycles.